The summed E-state index contributed by atoms with van der Waals surface area (Å²) in [5.74, 6) is -0.276. The van der Waals surface area contributed by atoms with Gasteiger partial charge >= 0.3 is 5.97 Å². The van der Waals surface area contributed by atoms with E-state index in [2.05, 4.69) is 10.3 Å². The number of anilines is 1. The third kappa shape index (κ3) is 3.40. The van der Waals surface area contributed by atoms with Gasteiger partial charge < -0.3 is 10.1 Å². The lowest BCUT2D eigenvalue weighted by atomic mass is 9.82. The van der Waals surface area contributed by atoms with Crippen LogP contribution < -0.4 is 5.32 Å². The van der Waals surface area contributed by atoms with Crippen LogP contribution in [0.3, 0.4) is 0 Å². The number of methoxy groups -OCH3 is 1. The SMILES string of the molecule is COC(=O)C(C)(C)C(Nc1ccccc1)c1ccccn1. The van der Waals surface area contributed by atoms with Crippen molar-refractivity contribution in [2.24, 2.45) is 5.41 Å². The minimum absolute atomic E-state index is 0.276. The highest BCUT2D eigenvalue weighted by molar-refractivity contribution is 5.77. The number of benzene rings is 1. The molecule has 0 saturated carbocycles. The molecule has 1 heterocycles. The molecule has 0 saturated heterocycles. The first kappa shape index (κ1) is 15.0. The van der Waals surface area contributed by atoms with E-state index >= 15 is 0 Å². The Morgan fingerprint density at radius 2 is 1.81 bits per heavy atom. The third-order valence-electron chi connectivity index (χ3n) is 3.50. The molecular weight excluding hydrogens is 264 g/mol. The lowest BCUT2D eigenvalue weighted by Crippen LogP contribution is -2.37. The van der Waals surface area contributed by atoms with Crippen LogP contribution in [0, 0.1) is 5.41 Å². The first-order chi connectivity index (χ1) is 10.1. The monoisotopic (exact) mass is 284 g/mol. The summed E-state index contributed by atoms with van der Waals surface area (Å²) in [5, 5.41) is 3.39. The number of ether oxygens (including phenoxy) is 1. The van der Waals surface area contributed by atoms with Gasteiger partial charge in [-0.25, -0.2) is 0 Å². The zero-order chi connectivity index (χ0) is 15.3. The zero-order valence-corrected chi connectivity index (χ0v) is 12.5. The maximum absolute atomic E-state index is 12.1. The zero-order valence-electron chi connectivity index (χ0n) is 12.5. The molecular formula is C17H20N2O2. The van der Waals surface area contributed by atoms with E-state index in [9.17, 15) is 4.79 Å². The van der Waals surface area contributed by atoms with Gasteiger partial charge in [-0.2, -0.15) is 0 Å². The summed E-state index contributed by atoms with van der Waals surface area (Å²) in [6, 6.07) is 15.2. The molecule has 4 heteroatoms. The van der Waals surface area contributed by atoms with E-state index in [4.69, 9.17) is 4.74 Å². The molecule has 0 radical (unpaired) electrons. The van der Waals surface area contributed by atoms with E-state index in [0.717, 1.165) is 11.4 Å². The molecule has 0 aliphatic carbocycles. The number of pyridine rings is 1. The largest absolute Gasteiger partial charge is 0.469 e. The Kier molecular flexibility index (Phi) is 4.58. The van der Waals surface area contributed by atoms with Crippen LogP contribution >= 0.6 is 0 Å². The van der Waals surface area contributed by atoms with Crippen LogP contribution in [-0.2, 0) is 9.53 Å². The van der Waals surface area contributed by atoms with E-state index in [0.29, 0.717) is 0 Å². The van der Waals surface area contributed by atoms with Crippen molar-refractivity contribution in [3.05, 3.63) is 60.4 Å². The summed E-state index contributed by atoms with van der Waals surface area (Å²) < 4.78 is 4.95. The van der Waals surface area contributed by atoms with E-state index in [1.54, 1.807) is 6.20 Å². The van der Waals surface area contributed by atoms with Crippen molar-refractivity contribution in [1.82, 2.24) is 4.98 Å². The van der Waals surface area contributed by atoms with Crippen LogP contribution in [0.25, 0.3) is 0 Å². The second-order valence-corrected chi connectivity index (χ2v) is 5.41. The summed E-state index contributed by atoms with van der Waals surface area (Å²) in [7, 11) is 1.40. The van der Waals surface area contributed by atoms with Gasteiger partial charge in [-0.1, -0.05) is 24.3 Å². The van der Waals surface area contributed by atoms with Crippen LogP contribution in [0.1, 0.15) is 25.6 Å². The highest BCUT2D eigenvalue weighted by atomic mass is 16.5. The lowest BCUT2D eigenvalue weighted by molar-refractivity contribution is -0.151. The molecule has 2 aromatic rings. The smallest absolute Gasteiger partial charge is 0.313 e. The van der Waals surface area contributed by atoms with Gasteiger partial charge in [0.05, 0.1) is 24.3 Å². The standard InChI is InChI=1S/C17H20N2O2/c1-17(2,16(20)21-3)15(14-11-7-8-12-18-14)19-13-9-5-4-6-10-13/h4-12,15,19H,1-3H3. The number of esters is 1. The Morgan fingerprint density at radius 1 is 1.14 bits per heavy atom. The highest BCUT2D eigenvalue weighted by Crippen LogP contribution is 2.36. The normalized spacial score (nSPS) is 12.5. The molecule has 4 nitrogen and oxygen atoms in total. The number of nitrogens with one attached hydrogen (secondary N) is 1. The highest BCUT2D eigenvalue weighted by Gasteiger charge is 2.39. The first-order valence-corrected chi connectivity index (χ1v) is 6.86. The Morgan fingerprint density at radius 3 is 2.38 bits per heavy atom. The molecule has 0 amide bonds. The molecule has 0 aliphatic heterocycles. The van der Waals surface area contributed by atoms with Crippen molar-refractivity contribution in [3.8, 4) is 0 Å². The fourth-order valence-corrected chi connectivity index (χ4v) is 2.25. The summed E-state index contributed by atoms with van der Waals surface area (Å²) in [5.41, 5.74) is 0.987. The number of rotatable bonds is 5. The predicted octanol–water partition coefficient (Wildman–Crippen LogP) is 3.43. The number of hydrogen-bond donors (Lipinski definition) is 1. The van der Waals surface area contributed by atoms with Gasteiger partial charge in [-0.05, 0) is 38.1 Å². The maximum Gasteiger partial charge on any atom is 0.313 e. The molecule has 1 unspecified atom stereocenters. The molecule has 1 aromatic carbocycles. The average molecular weight is 284 g/mol. The molecule has 1 aromatic heterocycles. The third-order valence-corrected chi connectivity index (χ3v) is 3.50. The number of carbonyl (C=O) groups is 1. The fourth-order valence-electron chi connectivity index (χ4n) is 2.25. The molecule has 0 bridgehead atoms. The average Bonchev–Trinajstić information content (AvgIpc) is 2.53. The van der Waals surface area contributed by atoms with Gasteiger partial charge in [0.1, 0.15) is 0 Å². The van der Waals surface area contributed by atoms with Crippen molar-refractivity contribution < 1.29 is 9.53 Å². The van der Waals surface area contributed by atoms with E-state index in [-0.39, 0.29) is 12.0 Å². The Hall–Kier alpha value is -2.36. The van der Waals surface area contributed by atoms with E-state index in [1.165, 1.54) is 7.11 Å². The minimum atomic E-state index is -0.751. The second-order valence-electron chi connectivity index (χ2n) is 5.41. The number of carbonyl (C=O) groups excluding carboxylic acids is 1. The summed E-state index contributed by atoms with van der Waals surface area (Å²) in [6.07, 6.45) is 1.72. The molecule has 0 aliphatic rings. The Labute approximate surface area is 125 Å². The fraction of sp³-hybridized carbons (Fsp3) is 0.294. The second kappa shape index (κ2) is 6.39. The van der Waals surface area contributed by atoms with Gasteiger partial charge in [-0.3, -0.25) is 9.78 Å². The molecule has 0 fully saturated rings. The number of hydrogen-bond acceptors (Lipinski definition) is 4. The maximum atomic E-state index is 12.1. The van der Waals surface area contributed by atoms with Gasteiger partial charge in [0.15, 0.2) is 0 Å². The number of aromatic nitrogens is 1. The first-order valence-electron chi connectivity index (χ1n) is 6.86. The van der Waals surface area contributed by atoms with Crippen LogP contribution in [-0.4, -0.2) is 18.1 Å². The Balaban J connectivity index is 2.38. The van der Waals surface area contributed by atoms with Crippen LogP contribution in [0.2, 0.25) is 0 Å². The van der Waals surface area contributed by atoms with Crippen molar-refractivity contribution in [3.63, 3.8) is 0 Å². The molecule has 21 heavy (non-hydrogen) atoms. The topological polar surface area (TPSA) is 51.2 Å². The van der Waals surface area contributed by atoms with E-state index < -0.39 is 5.41 Å². The summed E-state index contributed by atoms with van der Waals surface area (Å²) in [6.45, 7) is 3.71. The summed E-state index contributed by atoms with van der Waals surface area (Å²) >= 11 is 0. The van der Waals surface area contributed by atoms with Crippen LogP contribution in [0.5, 0.6) is 0 Å². The quantitative estimate of drug-likeness (QED) is 0.855. The van der Waals surface area contributed by atoms with Crippen molar-refractivity contribution >= 4 is 11.7 Å². The minimum Gasteiger partial charge on any atom is -0.469 e. The molecule has 110 valence electrons. The molecule has 1 N–H and O–H groups in total. The van der Waals surface area contributed by atoms with Gasteiger partial charge in [-0.15, -0.1) is 0 Å². The van der Waals surface area contributed by atoms with Gasteiger partial charge in [0.25, 0.3) is 0 Å². The Bertz CT molecular complexity index is 582. The van der Waals surface area contributed by atoms with Crippen molar-refractivity contribution in [2.75, 3.05) is 12.4 Å². The van der Waals surface area contributed by atoms with Crippen molar-refractivity contribution in [2.45, 2.75) is 19.9 Å². The van der Waals surface area contributed by atoms with Crippen LogP contribution in [0.15, 0.2) is 54.7 Å². The van der Waals surface area contributed by atoms with Crippen LogP contribution in [0.4, 0.5) is 5.69 Å². The van der Waals surface area contributed by atoms with Crippen molar-refractivity contribution in [1.29, 1.82) is 0 Å². The molecule has 1 atom stereocenters. The molecule has 0 spiro atoms. The lowest BCUT2D eigenvalue weighted by Gasteiger charge is -2.32. The number of nitrogens with zero attached hydrogens (tertiary/aromatic N) is 1. The summed E-state index contributed by atoms with van der Waals surface area (Å²) in [4.78, 5) is 16.5. The van der Waals surface area contributed by atoms with Gasteiger partial charge in [0.2, 0.25) is 0 Å². The van der Waals surface area contributed by atoms with E-state index in [1.807, 2.05) is 62.4 Å². The number of para-hydroxylation sites is 1. The molecule has 2 rings (SSSR count). The van der Waals surface area contributed by atoms with Gasteiger partial charge in [0, 0.05) is 11.9 Å². The predicted molar refractivity (Wildman–Crippen MR) is 82.8 cm³/mol.